The van der Waals surface area contributed by atoms with E-state index in [1.807, 2.05) is 6.92 Å². The van der Waals surface area contributed by atoms with Gasteiger partial charge >= 0.3 is 0 Å². The van der Waals surface area contributed by atoms with Crippen molar-refractivity contribution < 1.29 is 9.18 Å². The number of carbonyl (C=O) groups excluding carboxylic acids is 1. The standard InChI is InChI=1S/C20H19FN2OS2/c1-11-7-8-14-17(9-11)26-20-18(14)19(22-12(2)23-20)25-10-16(24)13-5-3-4-6-15(13)21/h3-6,11H,7-10H2,1-2H3. The maximum Gasteiger partial charge on any atom is 0.176 e. The molecule has 0 radical (unpaired) electrons. The van der Waals surface area contributed by atoms with E-state index in [4.69, 9.17) is 0 Å². The molecule has 0 saturated carbocycles. The Kier molecular flexibility index (Phi) is 4.80. The zero-order chi connectivity index (χ0) is 18.3. The molecule has 0 spiro atoms. The van der Waals surface area contributed by atoms with Crippen molar-refractivity contribution in [2.24, 2.45) is 5.92 Å². The predicted molar refractivity (Wildman–Crippen MR) is 105 cm³/mol. The van der Waals surface area contributed by atoms with Gasteiger partial charge in [-0.2, -0.15) is 0 Å². The van der Waals surface area contributed by atoms with Crippen molar-refractivity contribution in [1.82, 2.24) is 9.97 Å². The number of aromatic nitrogens is 2. The van der Waals surface area contributed by atoms with Gasteiger partial charge < -0.3 is 0 Å². The van der Waals surface area contributed by atoms with E-state index in [-0.39, 0.29) is 17.1 Å². The van der Waals surface area contributed by atoms with Crippen LogP contribution in [-0.2, 0) is 12.8 Å². The first-order valence-corrected chi connectivity index (χ1v) is 10.5. The normalized spacial score (nSPS) is 16.7. The molecule has 0 saturated heterocycles. The summed E-state index contributed by atoms with van der Waals surface area (Å²) >= 11 is 3.15. The van der Waals surface area contributed by atoms with Crippen LogP contribution in [0.25, 0.3) is 10.2 Å². The van der Waals surface area contributed by atoms with Crippen molar-refractivity contribution in [3.63, 3.8) is 0 Å². The second kappa shape index (κ2) is 7.08. The number of Topliss-reactive ketones (excluding diaryl/α,β-unsaturated/α-hetero) is 1. The topological polar surface area (TPSA) is 42.9 Å². The van der Waals surface area contributed by atoms with Gasteiger partial charge in [-0.25, -0.2) is 14.4 Å². The first-order chi connectivity index (χ1) is 12.5. The minimum absolute atomic E-state index is 0.142. The van der Waals surface area contributed by atoms with E-state index in [0.29, 0.717) is 11.7 Å². The third-order valence-corrected chi connectivity index (χ3v) is 6.87. The van der Waals surface area contributed by atoms with E-state index in [1.165, 1.54) is 40.8 Å². The lowest BCUT2D eigenvalue weighted by atomic mass is 9.89. The van der Waals surface area contributed by atoms with Gasteiger partial charge in [0, 0.05) is 10.3 Å². The summed E-state index contributed by atoms with van der Waals surface area (Å²) in [6, 6.07) is 6.13. The van der Waals surface area contributed by atoms with E-state index in [0.717, 1.165) is 28.1 Å². The molecule has 134 valence electrons. The van der Waals surface area contributed by atoms with Crippen molar-refractivity contribution >= 4 is 39.1 Å². The maximum atomic E-state index is 13.8. The second-order valence-corrected chi connectivity index (χ2v) is 8.85. The molecule has 1 aromatic carbocycles. The zero-order valence-electron chi connectivity index (χ0n) is 14.7. The molecule has 26 heavy (non-hydrogen) atoms. The summed E-state index contributed by atoms with van der Waals surface area (Å²) in [4.78, 5) is 24.1. The third kappa shape index (κ3) is 3.28. The fraction of sp³-hybridized carbons (Fsp3) is 0.350. The Bertz CT molecular complexity index is 999. The van der Waals surface area contributed by atoms with Crippen LogP contribution in [0, 0.1) is 18.7 Å². The fourth-order valence-electron chi connectivity index (χ4n) is 3.41. The van der Waals surface area contributed by atoms with Crippen LogP contribution in [0.1, 0.15) is 40.0 Å². The Hall–Kier alpha value is -1.79. The molecule has 3 aromatic rings. The Balaban J connectivity index is 1.66. The lowest BCUT2D eigenvalue weighted by Crippen LogP contribution is -2.09. The van der Waals surface area contributed by atoms with E-state index in [9.17, 15) is 9.18 Å². The van der Waals surface area contributed by atoms with Gasteiger partial charge in [0.2, 0.25) is 0 Å². The van der Waals surface area contributed by atoms with E-state index in [1.54, 1.807) is 23.5 Å². The minimum Gasteiger partial charge on any atom is -0.293 e. The highest BCUT2D eigenvalue weighted by Crippen LogP contribution is 2.41. The van der Waals surface area contributed by atoms with Gasteiger partial charge in [0.05, 0.1) is 11.3 Å². The molecule has 3 nitrogen and oxygen atoms in total. The number of hydrogen-bond donors (Lipinski definition) is 0. The van der Waals surface area contributed by atoms with Crippen LogP contribution in [0.3, 0.4) is 0 Å². The first kappa shape index (κ1) is 17.6. The molecule has 0 aliphatic heterocycles. The number of carbonyl (C=O) groups is 1. The number of nitrogens with zero attached hydrogens (tertiary/aromatic N) is 2. The van der Waals surface area contributed by atoms with Gasteiger partial charge in [0.1, 0.15) is 21.5 Å². The van der Waals surface area contributed by atoms with Crippen LogP contribution in [0.5, 0.6) is 0 Å². The molecule has 1 aliphatic rings. The van der Waals surface area contributed by atoms with Crippen molar-refractivity contribution in [3.8, 4) is 0 Å². The molecule has 1 unspecified atom stereocenters. The highest BCUT2D eigenvalue weighted by atomic mass is 32.2. The molecular weight excluding hydrogens is 367 g/mol. The fourth-order valence-corrected chi connectivity index (χ4v) is 5.89. The van der Waals surface area contributed by atoms with E-state index >= 15 is 0 Å². The van der Waals surface area contributed by atoms with Gasteiger partial charge in [-0.3, -0.25) is 4.79 Å². The molecule has 0 bridgehead atoms. The number of hydrogen-bond acceptors (Lipinski definition) is 5. The Morgan fingerprint density at radius 2 is 2.15 bits per heavy atom. The monoisotopic (exact) mass is 386 g/mol. The van der Waals surface area contributed by atoms with Gasteiger partial charge in [-0.1, -0.05) is 30.8 Å². The maximum absolute atomic E-state index is 13.8. The number of aryl methyl sites for hydroxylation is 2. The average molecular weight is 387 g/mol. The largest absolute Gasteiger partial charge is 0.293 e. The molecule has 1 atom stereocenters. The molecule has 0 amide bonds. The molecule has 6 heteroatoms. The molecule has 2 aromatic heterocycles. The van der Waals surface area contributed by atoms with Crippen LogP contribution in [0.15, 0.2) is 29.3 Å². The Labute approximate surface area is 160 Å². The Morgan fingerprint density at radius 3 is 2.96 bits per heavy atom. The number of halogens is 1. The first-order valence-electron chi connectivity index (χ1n) is 8.72. The number of ketones is 1. The molecule has 2 heterocycles. The van der Waals surface area contributed by atoms with Crippen molar-refractivity contribution in [3.05, 3.63) is 51.9 Å². The number of fused-ring (bicyclic) bond motifs is 3. The lowest BCUT2D eigenvalue weighted by Gasteiger charge is -2.18. The van der Waals surface area contributed by atoms with Crippen LogP contribution in [0.2, 0.25) is 0 Å². The van der Waals surface area contributed by atoms with E-state index < -0.39 is 5.82 Å². The van der Waals surface area contributed by atoms with Gasteiger partial charge in [0.15, 0.2) is 5.78 Å². The van der Waals surface area contributed by atoms with Gasteiger partial charge in [0.25, 0.3) is 0 Å². The average Bonchev–Trinajstić information content (AvgIpc) is 2.96. The summed E-state index contributed by atoms with van der Waals surface area (Å²) in [5, 5.41) is 1.96. The number of thioether (sulfide) groups is 1. The third-order valence-electron chi connectivity index (χ3n) is 4.75. The van der Waals surface area contributed by atoms with Crippen molar-refractivity contribution in [2.75, 3.05) is 5.75 Å². The van der Waals surface area contributed by atoms with Crippen LogP contribution >= 0.6 is 23.1 Å². The highest BCUT2D eigenvalue weighted by Gasteiger charge is 2.24. The number of thiophene rings is 1. The summed E-state index contributed by atoms with van der Waals surface area (Å²) in [6.07, 6.45) is 3.30. The number of benzene rings is 1. The lowest BCUT2D eigenvalue weighted by molar-refractivity contribution is 0.101. The summed E-state index contributed by atoms with van der Waals surface area (Å²) < 4.78 is 13.8. The summed E-state index contributed by atoms with van der Waals surface area (Å²) in [6.45, 7) is 4.16. The number of rotatable bonds is 4. The smallest absolute Gasteiger partial charge is 0.176 e. The van der Waals surface area contributed by atoms with E-state index in [2.05, 4.69) is 16.9 Å². The summed E-state index contributed by atoms with van der Waals surface area (Å²) in [5.41, 5.74) is 1.49. The van der Waals surface area contributed by atoms with Crippen molar-refractivity contribution in [1.29, 1.82) is 0 Å². The quantitative estimate of drug-likeness (QED) is 0.349. The SMILES string of the molecule is Cc1nc(SCC(=O)c2ccccc2F)c2c3c(sc2n1)CC(C)CC3. The van der Waals surface area contributed by atoms with Crippen LogP contribution in [-0.4, -0.2) is 21.5 Å². The van der Waals surface area contributed by atoms with Gasteiger partial charge in [-0.15, -0.1) is 11.3 Å². The second-order valence-electron chi connectivity index (χ2n) is 6.80. The molecule has 4 rings (SSSR count). The van der Waals surface area contributed by atoms with Crippen LogP contribution < -0.4 is 0 Å². The molecular formula is C20H19FN2OS2. The van der Waals surface area contributed by atoms with Crippen molar-refractivity contribution in [2.45, 2.75) is 38.1 Å². The zero-order valence-corrected chi connectivity index (χ0v) is 16.3. The summed E-state index contributed by atoms with van der Waals surface area (Å²) in [7, 11) is 0. The Morgan fingerprint density at radius 1 is 1.35 bits per heavy atom. The minimum atomic E-state index is -0.469. The summed E-state index contributed by atoms with van der Waals surface area (Å²) in [5.74, 6) is 0.903. The van der Waals surface area contributed by atoms with Gasteiger partial charge in [-0.05, 0) is 49.8 Å². The molecule has 0 N–H and O–H groups in total. The molecule has 0 fully saturated rings. The van der Waals surface area contributed by atoms with Crippen LogP contribution in [0.4, 0.5) is 4.39 Å². The predicted octanol–water partition coefficient (Wildman–Crippen LogP) is 5.24. The highest BCUT2D eigenvalue weighted by molar-refractivity contribution is 8.00. The molecule has 1 aliphatic carbocycles.